The van der Waals surface area contributed by atoms with E-state index >= 15 is 0 Å². The Morgan fingerprint density at radius 2 is 1.95 bits per heavy atom. The Hall–Kier alpha value is -1.36. The van der Waals surface area contributed by atoms with Crippen LogP contribution in [-0.4, -0.2) is 23.1 Å². The van der Waals surface area contributed by atoms with E-state index in [0.29, 0.717) is 16.7 Å². The highest BCUT2D eigenvalue weighted by Gasteiger charge is 2.26. The predicted molar refractivity (Wildman–Crippen MR) is 90.0 cm³/mol. The summed E-state index contributed by atoms with van der Waals surface area (Å²) in [4.78, 5) is 22.1. The zero-order valence-corrected chi connectivity index (χ0v) is 14.2. The second-order valence-corrected chi connectivity index (χ2v) is 7.54. The fourth-order valence-electron chi connectivity index (χ4n) is 2.80. The molecule has 1 aliphatic heterocycles. The summed E-state index contributed by atoms with van der Waals surface area (Å²) in [5, 5.41) is 0.642. The van der Waals surface area contributed by atoms with Gasteiger partial charge in [0.2, 0.25) is 5.95 Å². The van der Waals surface area contributed by atoms with Crippen molar-refractivity contribution >= 4 is 32.8 Å². The van der Waals surface area contributed by atoms with Gasteiger partial charge in [-0.3, -0.25) is 9.78 Å². The van der Waals surface area contributed by atoms with E-state index in [1.54, 1.807) is 0 Å². The summed E-state index contributed by atoms with van der Waals surface area (Å²) < 4.78 is 0.877. The number of rotatable bonds is 1. The van der Waals surface area contributed by atoms with Crippen LogP contribution >= 0.6 is 15.9 Å². The molecule has 0 unspecified atom stereocenters. The number of aromatic amines is 1. The number of hydrogen-bond donors (Lipinski definition) is 1. The molecule has 3 rings (SSSR count). The van der Waals surface area contributed by atoms with Gasteiger partial charge >= 0.3 is 0 Å². The highest BCUT2D eigenvalue weighted by atomic mass is 79.9. The van der Waals surface area contributed by atoms with Gasteiger partial charge in [-0.2, -0.15) is 0 Å². The lowest BCUT2D eigenvalue weighted by Gasteiger charge is -2.37. The van der Waals surface area contributed by atoms with E-state index in [9.17, 15) is 4.79 Å². The van der Waals surface area contributed by atoms with Gasteiger partial charge in [0.15, 0.2) is 0 Å². The molecule has 112 valence electrons. The molecule has 5 heteroatoms. The molecule has 2 aromatic rings. The van der Waals surface area contributed by atoms with Gasteiger partial charge < -0.3 is 4.90 Å². The number of nitrogens with one attached hydrogen (secondary N) is 1. The topological polar surface area (TPSA) is 49.0 Å². The maximum Gasteiger partial charge on any atom is 0.260 e. The highest BCUT2D eigenvalue weighted by Crippen LogP contribution is 2.31. The van der Waals surface area contributed by atoms with E-state index in [0.717, 1.165) is 41.5 Å². The smallest absolute Gasteiger partial charge is 0.260 e. The van der Waals surface area contributed by atoms with Crippen LogP contribution in [0.25, 0.3) is 10.9 Å². The Morgan fingerprint density at radius 3 is 2.62 bits per heavy atom. The number of H-pyrrole nitrogens is 1. The van der Waals surface area contributed by atoms with E-state index in [-0.39, 0.29) is 5.56 Å². The van der Waals surface area contributed by atoms with Crippen LogP contribution in [0.5, 0.6) is 0 Å². The fraction of sp³-hybridized carbons (Fsp3) is 0.500. The van der Waals surface area contributed by atoms with E-state index in [1.165, 1.54) is 0 Å². The van der Waals surface area contributed by atoms with Crippen molar-refractivity contribution < 1.29 is 0 Å². The van der Waals surface area contributed by atoms with Crippen molar-refractivity contribution in [3.63, 3.8) is 0 Å². The number of aromatic nitrogens is 2. The second kappa shape index (κ2) is 5.13. The lowest BCUT2D eigenvalue weighted by atomic mass is 9.83. The van der Waals surface area contributed by atoms with E-state index in [4.69, 9.17) is 0 Å². The molecule has 2 heterocycles. The Labute approximate surface area is 132 Å². The minimum absolute atomic E-state index is 0.0655. The summed E-state index contributed by atoms with van der Waals surface area (Å²) in [6.45, 7) is 8.43. The van der Waals surface area contributed by atoms with Gasteiger partial charge in [0.1, 0.15) is 0 Å². The summed E-state index contributed by atoms with van der Waals surface area (Å²) in [6, 6.07) is 3.88. The standard InChI is InChI=1S/C16H20BrN3O/c1-10-8-11-13(12(17)9-10)18-15(19-14(11)21)20-6-4-16(2,3)5-7-20/h8-9H,4-7H2,1-3H3,(H,18,19,21). The summed E-state index contributed by atoms with van der Waals surface area (Å²) in [6.07, 6.45) is 2.23. The maximum absolute atomic E-state index is 12.3. The first-order chi connectivity index (χ1) is 9.85. The van der Waals surface area contributed by atoms with Crippen molar-refractivity contribution in [2.45, 2.75) is 33.6 Å². The van der Waals surface area contributed by atoms with Gasteiger partial charge in [0.25, 0.3) is 5.56 Å². The third-order valence-corrected chi connectivity index (χ3v) is 4.92. The number of nitrogens with zero attached hydrogens (tertiary/aromatic N) is 2. The molecule has 4 nitrogen and oxygen atoms in total. The molecular formula is C16H20BrN3O. The zero-order valence-electron chi connectivity index (χ0n) is 12.7. The van der Waals surface area contributed by atoms with Crippen LogP contribution < -0.4 is 10.5 Å². The molecule has 1 fully saturated rings. The summed E-state index contributed by atoms with van der Waals surface area (Å²) in [5.74, 6) is 0.688. The first-order valence-electron chi connectivity index (χ1n) is 7.31. The summed E-state index contributed by atoms with van der Waals surface area (Å²) in [5.41, 5.74) is 2.10. The summed E-state index contributed by atoms with van der Waals surface area (Å²) >= 11 is 3.52. The van der Waals surface area contributed by atoms with Crippen LogP contribution in [0, 0.1) is 12.3 Å². The molecule has 0 atom stereocenters. The van der Waals surface area contributed by atoms with Crippen molar-refractivity contribution in [3.05, 3.63) is 32.5 Å². The van der Waals surface area contributed by atoms with Gasteiger partial charge in [-0.15, -0.1) is 0 Å². The molecule has 0 radical (unpaired) electrons. The Balaban J connectivity index is 2.04. The molecular weight excluding hydrogens is 330 g/mol. The van der Waals surface area contributed by atoms with Crippen molar-refractivity contribution in [1.29, 1.82) is 0 Å². The molecule has 0 amide bonds. The number of aryl methyl sites for hydroxylation is 1. The van der Waals surface area contributed by atoms with Gasteiger partial charge in [-0.1, -0.05) is 13.8 Å². The van der Waals surface area contributed by atoms with E-state index in [2.05, 4.69) is 44.6 Å². The number of halogens is 1. The van der Waals surface area contributed by atoms with Crippen LogP contribution in [0.1, 0.15) is 32.3 Å². The molecule has 0 bridgehead atoms. The molecule has 0 aliphatic carbocycles. The average Bonchev–Trinajstić information content (AvgIpc) is 2.40. The minimum atomic E-state index is -0.0655. The summed E-state index contributed by atoms with van der Waals surface area (Å²) in [7, 11) is 0. The number of fused-ring (bicyclic) bond motifs is 1. The normalized spacial score (nSPS) is 18.2. The Bertz CT molecular complexity index is 741. The minimum Gasteiger partial charge on any atom is -0.342 e. The van der Waals surface area contributed by atoms with Crippen molar-refractivity contribution in [2.24, 2.45) is 5.41 Å². The van der Waals surface area contributed by atoms with Gasteiger partial charge in [0, 0.05) is 17.6 Å². The molecule has 1 saturated heterocycles. The number of anilines is 1. The zero-order chi connectivity index (χ0) is 15.2. The lowest BCUT2D eigenvalue weighted by Crippen LogP contribution is -2.39. The lowest BCUT2D eigenvalue weighted by molar-refractivity contribution is 0.278. The van der Waals surface area contributed by atoms with Crippen LogP contribution in [0.3, 0.4) is 0 Å². The molecule has 1 N–H and O–H groups in total. The van der Waals surface area contributed by atoms with Crippen molar-refractivity contribution in [2.75, 3.05) is 18.0 Å². The fourth-order valence-corrected chi connectivity index (χ4v) is 3.46. The van der Waals surface area contributed by atoms with E-state index in [1.807, 2.05) is 19.1 Å². The Morgan fingerprint density at radius 1 is 1.29 bits per heavy atom. The first-order valence-corrected chi connectivity index (χ1v) is 8.10. The highest BCUT2D eigenvalue weighted by molar-refractivity contribution is 9.10. The van der Waals surface area contributed by atoms with Crippen LogP contribution in [0.4, 0.5) is 5.95 Å². The molecule has 21 heavy (non-hydrogen) atoms. The third-order valence-electron chi connectivity index (χ3n) is 4.31. The molecule has 0 spiro atoms. The van der Waals surface area contributed by atoms with Crippen molar-refractivity contribution in [3.8, 4) is 0 Å². The molecule has 0 saturated carbocycles. The number of piperidine rings is 1. The number of hydrogen-bond acceptors (Lipinski definition) is 3. The monoisotopic (exact) mass is 349 g/mol. The second-order valence-electron chi connectivity index (χ2n) is 6.68. The van der Waals surface area contributed by atoms with Gasteiger partial charge in [-0.05, 0) is 58.8 Å². The third kappa shape index (κ3) is 2.84. The Kier molecular flexibility index (Phi) is 3.56. The SMILES string of the molecule is Cc1cc(Br)c2nc(N3CCC(C)(C)CC3)[nH]c(=O)c2c1. The van der Waals surface area contributed by atoms with Crippen LogP contribution in [-0.2, 0) is 0 Å². The first kappa shape index (κ1) is 14.6. The van der Waals surface area contributed by atoms with Crippen LogP contribution in [0.2, 0.25) is 0 Å². The predicted octanol–water partition coefficient (Wildman–Crippen LogP) is 3.62. The molecule has 1 aromatic heterocycles. The quantitative estimate of drug-likeness (QED) is 0.855. The van der Waals surface area contributed by atoms with Gasteiger partial charge in [-0.25, -0.2) is 4.98 Å². The largest absolute Gasteiger partial charge is 0.342 e. The molecule has 1 aliphatic rings. The molecule has 1 aromatic carbocycles. The average molecular weight is 350 g/mol. The van der Waals surface area contributed by atoms with Crippen molar-refractivity contribution in [1.82, 2.24) is 9.97 Å². The van der Waals surface area contributed by atoms with Gasteiger partial charge in [0.05, 0.1) is 10.9 Å². The van der Waals surface area contributed by atoms with E-state index < -0.39 is 0 Å². The van der Waals surface area contributed by atoms with Crippen LogP contribution in [0.15, 0.2) is 21.4 Å². The number of benzene rings is 1. The maximum atomic E-state index is 12.3.